The third-order valence-corrected chi connectivity index (χ3v) is 4.16. The van der Waals surface area contributed by atoms with E-state index in [0.717, 1.165) is 12.2 Å². The number of fused-ring (bicyclic) bond motifs is 1. The van der Waals surface area contributed by atoms with Crippen LogP contribution in [0.25, 0.3) is 0 Å². The zero-order valence-corrected chi connectivity index (χ0v) is 13.8. The van der Waals surface area contributed by atoms with Crippen molar-refractivity contribution in [3.05, 3.63) is 59.7 Å². The van der Waals surface area contributed by atoms with Crippen LogP contribution in [0.15, 0.2) is 48.5 Å². The predicted octanol–water partition coefficient (Wildman–Crippen LogP) is 4.45. The number of rotatable bonds is 7. The van der Waals surface area contributed by atoms with Gasteiger partial charge < -0.3 is 4.74 Å². The lowest BCUT2D eigenvalue weighted by Gasteiger charge is -2.14. The van der Waals surface area contributed by atoms with Gasteiger partial charge in [0.2, 0.25) is 0 Å². The van der Waals surface area contributed by atoms with Crippen molar-refractivity contribution in [1.29, 1.82) is 0 Å². The summed E-state index contributed by atoms with van der Waals surface area (Å²) >= 11 is 0. The highest BCUT2D eigenvalue weighted by atomic mass is 16.5. The van der Waals surface area contributed by atoms with Crippen LogP contribution in [0.2, 0.25) is 0 Å². The maximum absolute atomic E-state index is 12.4. The molecule has 2 aromatic carbocycles. The molecule has 4 nitrogen and oxygen atoms in total. The van der Waals surface area contributed by atoms with Crippen molar-refractivity contribution in [3.63, 3.8) is 0 Å². The summed E-state index contributed by atoms with van der Waals surface area (Å²) in [5.74, 6) is 0.208. The van der Waals surface area contributed by atoms with Gasteiger partial charge >= 0.3 is 0 Å². The first-order valence-electron chi connectivity index (χ1n) is 8.43. The summed E-state index contributed by atoms with van der Waals surface area (Å²) < 4.78 is 5.70. The molecule has 0 spiro atoms. The summed E-state index contributed by atoms with van der Waals surface area (Å²) in [6.45, 7) is 2.87. The summed E-state index contributed by atoms with van der Waals surface area (Å²) in [5, 5.41) is 0. The highest BCUT2D eigenvalue weighted by Crippen LogP contribution is 2.29. The van der Waals surface area contributed by atoms with Crippen molar-refractivity contribution in [3.8, 4) is 5.75 Å². The third kappa shape index (κ3) is 3.18. The molecule has 0 fully saturated rings. The minimum Gasteiger partial charge on any atom is -0.494 e. The number of amides is 2. The SMILES string of the molecule is CCCCCCOc1ccc(N2C(=O)c3ccccc3C2=O)cc1. The smallest absolute Gasteiger partial charge is 0.266 e. The molecule has 1 heterocycles. The largest absolute Gasteiger partial charge is 0.494 e. The summed E-state index contributed by atoms with van der Waals surface area (Å²) in [6.07, 6.45) is 4.63. The zero-order chi connectivity index (χ0) is 16.9. The molecule has 0 saturated heterocycles. The molecule has 0 aromatic heterocycles. The Morgan fingerprint density at radius 1 is 0.833 bits per heavy atom. The van der Waals surface area contributed by atoms with Crippen LogP contribution in [0.4, 0.5) is 5.69 Å². The van der Waals surface area contributed by atoms with Crippen LogP contribution < -0.4 is 9.64 Å². The molecule has 124 valence electrons. The van der Waals surface area contributed by atoms with Gasteiger partial charge in [0.15, 0.2) is 0 Å². The van der Waals surface area contributed by atoms with Crippen LogP contribution in [0, 0.1) is 0 Å². The molecule has 0 radical (unpaired) electrons. The number of imide groups is 1. The van der Waals surface area contributed by atoms with Crippen LogP contribution in [-0.2, 0) is 0 Å². The topological polar surface area (TPSA) is 46.6 Å². The van der Waals surface area contributed by atoms with E-state index in [9.17, 15) is 9.59 Å². The highest BCUT2D eigenvalue weighted by molar-refractivity contribution is 6.34. The number of anilines is 1. The van der Waals surface area contributed by atoms with E-state index >= 15 is 0 Å². The molecule has 1 aliphatic heterocycles. The predicted molar refractivity (Wildman–Crippen MR) is 93.7 cm³/mol. The van der Waals surface area contributed by atoms with Crippen LogP contribution in [0.5, 0.6) is 5.75 Å². The van der Waals surface area contributed by atoms with E-state index in [0.29, 0.717) is 23.4 Å². The second-order valence-corrected chi connectivity index (χ2v) is 5.89. The van der Waals surface area contributed by atoms with Crippen molar-refractivity contribution in [2.24, 2.45) is 0 Å². The fourth-order valence-corrected chi connectivity index (χ4v) is 2.83. The fourth-order valence-electron chi connectivity index (χ4n) is 2.83. The molecule has 0 bridgehead atoms. The number of carbonyl (C=O) groups excluding carboxylic acids is 2. The van der Waals surface area contributed by atoms with Gasteiger partial charge in [-0.2, -0.15) is 0 Å². The zero-order valence-electron chi connectivity index (χ0n) is 13.8. The van der Waals surface area contributed by atoms with Gasteiger partial charge in [-0.15, -0.1) is 0 Å². The average molecular weight is 323 g/mol. The van der Waals surface area contributed by atoms with Crippen molar-refractivity contribution in [2.45, 2.75) is 32.6 Å². The number of hydrogen-bond acceptors (Lipinski definition) is 3. The Kier molecular flexibility index (Phi) is 4.94. The monoisotopic (exact) mass is 323 g/mol. The number of hydrogen-bond donors (Lipinski definition) is 0. The first-order chi connectivity index (χ1) is 11.7. The molecule has 0 aliphatic carbocycles. The summed E-state index contributed by atoms with van der Waals surface area (Å²) in [7, 11) is 0. The van der Waals surface area contributed by atoms with Gasteiger partial charge in [-0.05, 0) is 42.8 Å². The van der Waals surface area contributed by atoms with E-state index in [1.54, 1.807) is 48.5 Å². The molecule has 0 saturated carbocycles. The Bertz CT molecular complexity index is 702. The molecule has 24 heavy (non-hydrogen) atoms. The van der Waals surface area contributed by atoms with E-state index < -0.39 is 0 Å². The van der Waals surface area contributed by atoms with Crippen LogP contribution in [-0.4, -0.2) is 18.4 Å². The van der Waals surface area contributed by atoms with E-state index in [1.165, 1.54) is 24.2 Å². The van der Waals surface area contributed by atoms with Gasteiger partial charge in [0, 0.05) is 0 Å². The second kappa shape index (κ2) is 7.30. The second-order valence-electron chi connectivity index (χ2n) is 5.89. The Labute approximate surface area is 142 Å². The van der Waals surface area contributed by atoms with Crippen LogP contribution in [0.3, 0.4) is 0 Å². The van der Waals surface area contributed by atoms with Crippen LogP contribution in [0.1, 0.15) is 53.3 Å². The summed E-state index contributed by atoms with van der Waals surface area (Å²) in [5.41, 5.74) is 1.48. The number of ether oxygens (including phenoxy) is 1. The van der Waals surface area contributed by atoms with Gasteiger partial charge in [-0.1, -0.05) is 38.3 Å². The molecule has 0 N–H and O–H groups in total. The molecule has 2 aromatic rings. The summed E-state index contributed by atoms with van der Waals surface area (Å²) in [6, 6.07) is 14.0. The lowest BCUT2D eigenvalue weighted by atomic mass is 10.1. The normalized spacial score (nSPS) is 13.3. The lowest BCUT2D eigenvalue weighted by molar-refractivity contribution is 0.0926. The molecule has 2 amide bonds. The van der Waals surface area contributed by atoms with Crippen molar-refractivity contribution < 1.29 is 14.3 Å². The lowest BCUT2D eigenvalue weighted by Crippen LogP contribution is -2.29. The minimum absolute atomic E-state index is 0.274. The molecular formula is C20H21NO3. The van der Waals surface area contributed by atoms with E-state index in [1.807, 2.05) is 0 Å². The molecule has 0 atom stereocenters. The maximum atomic E-state index is 12.4. The Hall–Kier alpha value is -2.62. The van der Waals surface area contributed by atoms with E-state index in [2.05, 4.69) is 6.92 Å². The average Bonchev–Trinajstić information content (AvgIpc) is 2.87. The molecular weight excluding hydrogens is 302 g/mol. The minimum atomic E-state index is -0.274. The van der Waals surface area contributed by atoms with Crippen molar-refractivity contribution in [1.82, 2.24) is 0 Å². The van der Waals surface area contributed by atoms with Crippen LogP contribution >= 0.6 is 0 Å². The van der Waals surface area contributed by atoms with Crippen molar-refractivity contribution >= 4 is 17.5 Å². The van der Waals surface area contributed by atoms with Gasteiger partial charge in [0.25, 0.3) is 11.8 Å². The Balaban J connectivity index is 1.66. The van der Waals surface area contributed by atoms with Gasteiger partial charge in [0.1, 0.15) is 5.75 Å². The highest BCUT2D eigenvalue weighted by Gasteiger charge is 2.36. The number of benzene rings is 2. The Morgan fingerprint density at radius 2 is 1.46 bits per heavy atom. The third-order valence-electron chi connectivity index (χ3n) is 4.16. The standard InChI is InChI=1S/C20H21NO3/c1-2-3-4-7-14-24-16-12-10-15(11-13-16)21-19(22)17-8-5-6-9-18(17)20(21)23/h5-6,8-13H,2-4,7,14H2,1H3. The fraction of sp³-hybridized carbons (Fsp3) is 0.300. The summed E-state index contributed by atoms with van der Waals surface area (Å²) in [4.78, 5) is 26.1. The van der Waals surface area contributed by atoms with E-state index in [4.69, 9.17) is 4.74 Å². The van der Waals surface area contributed by atoms with Crippen molar-refractivity contribution in [2.75, 3.05) is 11.5 Å². The first-order valence-corrected chi connectivity index (χ1v) is 8.43. The number of unbranched alkanes of at least 4 members (excludes halogenated alkanes) is 3. The van der Waals surface area contributed by atoms with Gasteiger partial charge in [-0.25, -0.2) is 4.90 Å². The Morgan fingerprint density at radius 3 is 2.04 bits per heavy atom. The molecule has 4 heteroatoms. The van der Waals surface area contributed by atoms with Gasteiger partial charge in [-0.3, -0.25) is 9.59 Å². The number of nitrogens with zero attached hydrogens (tertiary/aromatic N) is 1. The molecule has 1 aliphatic rings. The molecule has 0 unspecified atom stereocenters. The van der Waals surface area contributed by atoms with E-state index in [-0.39, 0.29) is 11.8 Å². The van der Waals surface area contributed by atoms with Gasteiger partial charge in [0.05, 0.1) is 23.4 Å². The maximum Gasteiger partial charge on any atom is 0.266 e. The first kappa shape index (κ1) is 16.2. The quantitative estimate of drug-likeness (QED) is 0.559. The number of carbonyl (C=O) groups is 2. The molecule has 3 rings (SSSR count).